The average Bonchev–Trinajstić information content (AvgIpc) is 2.36. The second-order valence-electron chi connectivity index (χ2n) is 4.09. The first-order chi connectivity index (χ1) is 8.18. The predicted octanol–water partition coefficient (Wildman–Crippen LogP) is 3.07. The number of anilines is 1. The lowest BCUT2D eigenvalue weighted by Crippen LogP contribution is -2.43. The van der Waals surface area contributed by atoms with E-state index in [1.54, 1.807) is 18.2 Å². The third-order valence-corrected chi connectivity index (χ3v) is 3.66. The van der Waals surface area contributed by atoms with Crippen molar-refractivity contribution in [3.63, 3.8) is 0 Å². The van der Waals surface area contributed by atoms with E-state index in [1.807, 2.05) is 0 Å². The number of carbonyl (C=O) groups is 1. The monoisotopic (exact) mass is 272 g/mol. The standard InChI is InChI=1S/C12H14Cl2N2O/c13-8-4-3-6-9(11(8)14)16-12(17)10-5-1-2-7-15-10/h3-4,6,10,15H,1-2,5,7H2,(H,16,17). The number of benzene rings is 1. The molecule has 1 aliphatic rings. The van der Waals surface area contributed by atoms with Crippen LogP contribution >= 0.6 is 23.2 Å². The van der Waals surface area contributed by atoms with Crippen molar-refractivity contribution in [2.24, 2.45) is 0 Å². The van der Waals surface area contributed by atoms with Crippen LogP contribution in [0.4, 0.5) is 5.69 Å². The van der Waals surface area contributed by atoms with Crippen LogP contribution < -0.4 is 10.6 Å². The summed E-state index contributed by atoms with van der Waals surface area (Å²) in [6.45, 7) is 0.890. The van der Waals surface area contributed by atoms with Crippen LogP contribution in [0.5, 0.6) is 0 Å². The fourth-order valence-corrected chi connectivity index (χ4v) is 2.24. The number of amides is 1. The van der Waals surface area contributed by atoms with E-state index in [1.165, 1.54) is 0 Å². The van der Waals surface area contributed by atoms with Gasteiger partial charge < -0.3 is 10.6 Å². The van der Waals surface area contributed by atoms with Crippen LogP contribution in [0, 0.1) is 0 Å². The molecule has 0 saturated carbocycles. The predicted molar refractivity (Wildman–Crippen MR) is 70.7 cm³/mol. The van der Waals surface area contributed by atoms with Crippen LogP contribution in [0.25, 0.3) is 0 Å². The summed E-state index contributed by atoms with van der Waals surface area (Å²) in [6.07, 6.45) is 3.07. The minimum atomic E-state index is -0.126. The minimum Gasteiger partial charge on any atom is -0.323 e. The molecule has 1 aromatic carbocycles. The highest BCUT2D eigenvalue weighted by atomic mass is 35.5. The SMILES string of the molecule is O=C(Nc1cccc(Cl)c1Cl)C1CCCCN1. The number of hydrogen-bond donors (Lipinski definition) is 2. The maximum atomic E-state index is 12.0. The molecule has 5 heteroatoms. The van der Waals surface area contributed by atoms with E-state index in [0.717, 1.165) is 25.8 Å². The molecule has 0 aromatic heterocycles. The summed E-state index contributed by atoms with van der Waals surface area (Å²) in [5.41, 5.74) is 0.566. The third-order valence-electron chi connectivity index (χ3n) is 2.84. The topological polar surface area (TPSA) is 41.1 Å². The number of halogens is 2. The van der Waals surface area contributed by atoms with Crippen LogP contribution in [-0.4, -0.2) is 18.5 Å². The van der Waals surface area contributed by atoms with Gasteiger partial charge in [0, 0.05) is 0 Å². The molecular weight excluding hydrogens is 259 g/mol. The van der Waals surface area contributed by atoms with Gasteiger partial charge in [-0.3, -0.25) is 4.79 Å². The van der Waals surface area contributed by atoms with Crippen LogP contribution in [0.3, 0.4) is 0 Å². The number of carbonyl (C=O) groups excluding carboxylic acids is 1. The molecule has 17 heavy (non-hydrogen) atoms. The van der Waals surface area contributed by atoms with Gasteiger partial charge in [-0.15, -0.1) is 0 Å². The van der Waals surface area contributed by atoms with Crippen molar-refractivity contribution in [3.8, 4) is 0 Å². The van der Waals surface area contributed by atoms with Crippen molar-refractivity contribution in [1.82, 2.24) is 5.32 Å². The van der Waals surface area contributed by atoms with Crippen LogP contribution in [0.15, 0.2) is 18.2 Å². The molecule has 0 aliphatic carbocycles. The van der Waals surface area contributed by atoms with Gasteiger partial charge in [-0.05, 0) is 31.5 Å². The summed E-state index contributed by atoms with van der Waals surface area (Å²) in [6, 6.07) is 5.07. The van der Waals surface area contributed by atoms with Gasteiger partial charge in [-0.2, -0.15) is 0 Å². The molecule has 1 atom stereocenters. The Kier molecular flexibility index (Phi) is 4.26. The first kappa shape index (κ1) is 12.7. The van der Waals surface area contributed by atoms with Crippen LogP contribution in [0.2, 0.25) is 10.0 Å². The van der Waals surface area contributed by atoms with Crippen molar-refractivity contribution < 1.29 is 4.79 Å². The van der Waals surface area contributed by atoms with Gasteiger partial charge in [0.2, 0.25) is 5.91 Å². The molecule has 0 radical (unpaired) electrons. The molecule has 3 nitrogen and oxygen atoms in total. The molecule has 1 aromatic rings. The zero-order valence-corrected chi connectivity index (χ0v) is 10.8. The van der Waals surface area contributed by atoms with Gasteiger partial charge in [0.25, 0.3) is 0 Å². The summed E-state index contributed by atoms with van der Waals surface area (Å²) >= 11 is 11.9. The first-order valence-corrected chi connectivity index (χ1v) is 6.42. The van der Waals surface area contributed by atoms with E-state index in [4.69, 9.17) is 23.2 Å². The van der Waals surface area contributed by atoms with E-state index < -0.39 is 0 Å². The number of piperidine rings is 1. The molecule has 1 amide bonds. The zero-order chi connectivity index (χ0) is 12.3. The van der Waals surface area contributed by atoms with Crippen LogP contribution in [0.1, 0.15) is 19.3 Å². The van der Waals surface area contributed by atoms with Gasteiger partial charge in [0.15, 0.2) is 0 Å². The number of nitrogens with one attached hydrogen (secondary N) is 2. The Morgan fingerprint density at radius 2 is 2.18 bits per heavy atom. The van der Waals surface area contributed by atoms with E-state index in [9.17, 15) is 4.79 Å². The van der Waals surface area contributed by atoms with Crippen LogP contribution in [-0.2, 0) is 4.79 Å². The molecule has 1 aliphatic heterocycles. The van der Waals surface area contributed by atoms with Gasteiger partial charge in [0.1, 0.15) is 0 Å². The second-order valence-corrected chi connectivity index (χ2v) is 4.88. The summed E-state index contributed by atoms with van der Waals surface area (Å²) in [7, 11) is 0. The maximum absolute atomic E-state index is 12.0. The Balaban J connectivity index is 2.04. The Morgan fingerprint density at radius 3 is 2.88 bits per heavy atom. The summed E-state index contributed by atoms with van der Waals surface area (Å²) in [4.78, 5) is 12.0. The highest BCUT2D eigenvalue weighted by Gasteiger charge is 2.21. The highest BCUT2D eigenvalue weighted by molar-refractivity contribution is 6.44. The summed E-state index contributed by atoms with van der Waals surface area (Å²) in [5, 5.41) is 6.82. The summed E-state index contributed by atoms with van der Waals surface area (Å²) in [5.74, 6) is -0.0473. The molecule has 1 fully saturated rings. The number of rotatable bonds is 2. The van der Waals surface area contributed by atoms with E-state index in [0.29, 0.717) is 15.7 Å². The van der Waals surface area contributed by atoms with E-state index in [2.05, 4.69) is 10.6 Å². The van der Waals surface area contributed by atoms with E-state index in [-0.39, 0.29) is 11.9 Å². The van der Waals surface area contributed by atoms with E-state index >= 15 is 0 Å². The molecule has 1 heterocycles. The van der Waals surface area contributed by atoms with Crippen molar-refractivity contribution in [2.45, 2.75) is 25.3 Å². The van der Waals surface area contributed by atoms with Crippen molar-refractivity contribution in [2.75, 3.05) is 11.9 Å². The molecule has 2 N–H and O–H groups in total. The fourth-order valence-electron chi connectivity index (χ4n) is 1.90. The maximum Gasteiger partial charge on any atom is 0.241 e. The molecule has 0 spiro atoms. The molecule has 1 saturated heterocycles. The molecule has 2 rings (SSSR count). The molecule has 0 bridgehead atoms. The second kappa shape index (κ2) is 5.71. The normalized spacial score (nSPS) is 20.0. The fraction of sp³-hybridized carbons (Fsp3) is 0.417. The van der Waals surface area contributed by atoms with Gasteiger partial charge in [0.05, 0.1) is 21.8 Å². The van der Waals surface area contributed by atoms with Crippen molar-refractivity contribution in [3.05, 3.63) is 28.2 Å². The molecule has 92 valence electrons. The number of hydrogen-bond acceptors (Lipinski definition) is 2. The lowest BCUT2D eigenvalue weighted by Gasteiger charge is -2.22. The van der Waals surface area contributed by atoms with Crippen molar-refractivity contribution >= 4 is 34.8 Å². The highest BCUT2D eigenvalue weighted by Crippen LogP contribution is 2.29. The van der Waals surface area contributed by atoms with Gasteiger partial charge in [-0.25, -0.2) is 0 Å². The summed E-state index contributed by atoms with van der Waals surface area (Å²) < 4.78 is 0. The lowest BCUT2D eigenvalue weighted by atomic mass is 10.0. The largest absolute Gasteiger partial charge is 0.323 e. The Labute approximate surface area is 110 Å². The zero-order valence-electron chi connectivity index (χ0n) is 9.30. The van der Waals surface area contributed by atoms with Gasteiger partial charge in [-0.1, -0.05) is 35.7 Å². The Hall–Kier alpha value is -0.770. The quantitative estimate of drug-likeness (QED) is 0.869. The Bertz CT molecular complexity index is 417. The molecular formula is C12H14Cl2N2O. The Morgan fingerprint density at radius 1 is 1.35 bits per heavy atom. The third kappa shape index (κ3) is 3.12. The lowest BCUT2D eigenvalue weighted by molar-refractivity contribution is -0.118. The minimum absolute atomic E-state index is 0.0473. The van der Waals surface area contributed by atoms with Crippen molar-refractivity contribution in [1.29, 1.82) is 0 Å². The first-order valence-electron chi connectivity index (χ1n) is 5.67. The van der Waals surface area contributed by atoms with Gasteiger partial charge >= 0.3 is 0 Å². The average molecular weight is 273 g/mol. The smallest absolute Gasteiger partial charge is 0.241 e. The molecule has 1 unspecified atom stereocenters.